The second-order valence-electron chi connectivity index (χ2n) is 2.13. The molecule has 1 rings (SSSR count). The number of hydrogen-bond donors (Lipinski definition) is 2. The molecule has 0 radical (unpaired) electrons. The van der Waals surface area contributed by atoms with Crippen LogP contribution in [0.3, 0.4) is 0 Å². The van der Waals surface area contributed by atoms with Crippen LogP contribution < -0.4 is 17.0 Å². The zero-order valence-electron chi connectivity index (χ0n) is 5.66. The molecule has 4 N–H and O–H groups in total. The highest BCUT2D eigenvalue weighted by atomic mass is 16.1. The molecule has 4 heteroatoms. The van der Waals surface area contributed by atoms with Crippen molar-refractivity contribution in [3.63, 3.8) is 0 Å². The van der Waals surface area contributed by atoms with Crippen molar-refractivity contribution in [1.29, 1.82) is 0 Å². The molecule has 1 aromatic rings. The van der Waals surface area contributed by atoms with Gasteiger partial charge in [0.15, 0.2) is 0 Å². The highest BCUT2D eigenvalue weighted by molar-refractivity contribution is 5.60. The molecule has 0 spiro atoms. The second kappa shape index (κ2) is 2.06. The van der Waals surface area contributed by atoms with Gasteiger partial charge < -0.3 is 16.0 Å². The van der Waals surface area contributed by atoms with Crippen LogP contribution in [0.25, 0.3) is 0 Å². The van der Waals surface area contributed by atoms with Crippen molar-refractivity contribution in [1.82, 2.24) is 4.57 Å². The first-order chi connectivity index (χ1) is 4.61. The van der Waals surface area contributed by atoms with Crippen LogP contribution in [0.2, 0.25) is 0 Å². The highest BCUT2D eigenvalue weighted by Crippen LogP contribution is 2.07. The number of nitrogens with zero attached hydrogens (tertiary/aromatic N) is 1. The molecule has 0 aromatic carbocycles. The minimum absolute atomic E-state index is 0.147. The summed E-state index contributed by atoms with van der Waals surface area (Å²) in [4.78, 5) is 10.8. The summed E-state index contributed by atoms with van der Waals surface area (Å²) in [7, 11) is 1.62. The molecule has 0 atom stereocenters. The Bertz CT molecular complexity index is 302. The Balaban J connectivity index is 3.43. The van der Waals surface area contributed by atoms with Gasteiger partial charge in [-0.1, -0.05) is 0 Å². The lowest BCUT2D eigenvalue weighted by atomic mass is 10.3. The number of anilines is 2. The van der Waals surface area contributed by atoms with Crippen LogP contribution in [0.5, 0.6) is 0 Å². The molecule has 0 aliphatic carbocycles. The second-order valence-corrected chi connectivity index (χ2v) is 2.13. The number of aryl methyl sites for hydroxylation is 1. The van der Waals surface area contributed by atoms with Crippen molar-refractivity contribution in [2.45, 2.75) is 0 Å². The maximum atomic E-state index is 10.8. The Labute approximate surface area is 58.1 Å². The van der Waals surface area contributed by atoms with Crippen molar-refractivity contribution >= 4 is 11.4 Å². The van der Waals surface area contributed by atoms with E-state index in [-0.39, 0.29) is 5.56 Å². The Morgan fingerprint density at radius 2 is 2.00 bits per heavy atom. The summed E-state index contributed by atoms with van der Waals surface area (Å²) in [6, 6.07) is 1.30. The van der Waals surface area contributed by atoms with Gasteiger partial charge in [0.25, 0.3) is 5.56 Å². The molecule has 0 unspecified atom stereocenters. The van der Waals surface area contributed by atoms with Gasteiger partial charge in [-0.3, -0.25) is 4.79 Å². The fraction of sp³-hybridized carbons (Fsp3) is 0.167. The summed E-state index contributed by atoms with van der Waals surface area (Å²) in [5.74, 6) is 0. The number of nitrogen functional groups attached to an aromatic ring is 2. The predicted octanol–water partition coefficient (Wildman–Crippen LogP) is -0.450. The molecule has 1 heterocycles. The predicted molar refractivity (Wildman–Crippen MR) is 40.5 cm³/mol. The van der Waals surface area contributed by atoms with Gasteiger partial charge in [0.1, 0.15) is 0 Å². The van der Waals surface area contributed by atoms with Gasteiger partial charge in [-0.25, -0.2) is 0 Å². The molecule has 0 bridgehead atoms. The van der Waals surface area contributed by atoms with Crippen molar-refractivity contribution < 1.29 is 0 Å². The molecule has 54 valence electrons. The van der Waals surface area contributed by atoms with E-state index < -0.39 is 0 Å². The maximum absolute atomic E-state index is 10.8. The SMILES string of the molecule is Cn1cc(N)c(N)cc1=O. The topological polar surface area (TPSA) is 74.0 Å². The van der Waals surface area contributed by atoms with Crippen molar-refractivity contribution in [2.24, 2.45) is 7.05 Å². The number of rotatable bonds is 0. The van der Waals surface area contributed by atoms with E-state index in [4.69, 9.17) is 11.5 Å². The minimum Gasteiger partial charge on any atom is -0.397 e. The van der Waals surface area contributed by atoms with Gasteiger partial charge in [-0.05, 0) is 0 Å². The quantitative estimate of drug-likeness (QED) is 0.511. The lowest BCUT2D eigenvalue weighted by Crippen LogP contribution is -2.16. The third-order valence-corrected chi connectivity index (χ3v) is 1.29. The van der Waals surface area contributed by atoms with Gasteiger partial charge in [-0.2, -0.15) is 0 Å². The average molecular weight is 139 g/mol. The van der Waals surface area contributed by atoms with E-state index >= 15 is 0 Å². The molecule has 10 heavy (non-hydrogen) atoms. The van der Waals surface area contributed by atoms with E-state index in [2.05, 4.69) is 0 Å². The molecule has 0 aliphatic heterocycles. The first-order valence-electron chi connectivity index (χ1n) is 2.83. The lowest BCUT2D eigenvalue weighted by molar-refractivity contribution is 0.864. The molecular formula is C6H9N3O. The van der Waals surface area contributed by atoms with Gasteiger partial charge in [0, 0.05) is 19.3 Å². The van der Waals surface area contributed by atoms with Crippen LogP contribution in [0, 0.1) is 0 Å². The first-order valence-corrected chi connectivity index (χ1v) is 2.83. The van der Waals surface area contributed by atoms with Crippen molar-refractivity contribution in [3.8, 4) is 0 Å². The monoisotopic (exact) mass is 139 g/mol. The van der Waals surface area contributed by atoms with Gasteiger partial charge in [0.2, 0.25) is 0 Å². The third-order valence-electron chi connectivity index (χ3n) is 1.29. The summed E-state index contributed by atoms with van der Waals surface area (Å²) in [5, 5.41) is 0. The van der Waals surface area contributed by atoms with Gasteiger partial charge in [0.05, 0.1) is 11.4 Å². The van der Waals surface area contributed by atoms with Crippen LogP contribution in [0.15, 0.2) is 17.1 Å². The lowest BCUT2D eigenvalue weighted by Gasteiger charge is -2.00. The van der Waals surface area contributed by atoms with Crippen LogP contribution in [-0.2, 0) is 7.05 Å². The molecule has 0 saturated carbocycles. The molecule has 0 aliphatic rings. The number of hydrogen-bond acceptors (Lipinski definition) is 3. The number of nitrogens with two attached hydrogens (primary N) is 2. The Kier molecular flexibility index (Phi) is 1.37. The Hall–Kier alpha value is -1.45. The van der Waals surface area contributed by atoms with Crippen molar-refractivity contribution in [3.05, 3.63) is 22.6 Å². The van der Waals surface area contributed by atoms with E-state index in [1.54, 1.807) is 7.05 Å². The molecule has 0 amide bonds. The number of pyridine rings is 1. The summed E-state index contributed by atoms with van der Waals surface area (Å²) in [6.45, 7) is 0. The zero-order valence-corrected chi connectivity index (χ0v) is 5.66. The fourth-order valence-corrected chi connectivity index (χ4v) is 0.665. The molecule has 0 saturated heterocycles. The summed E-state index contributed by atoms with van der Waals surface area (Å²) in [5.41, 5.74) is 11.4. The maximum Gasteiger partial charge on any atom is 0.252 e. The van der Waals surface area contributed by atoms with E-state index in [0.29, 0.717) is 11.4 Å². The smallest absolute Gasteiger partial charge is 0.252 e. The Morgan fingerprint density at radius 3 is 2.50 bits per heavy atom. The Morgan fingerprint density at radius 1 is 1.40 bits per heavy atom. The van der Waals surface area contributed by atoms with E-state index in [1.807, 2.05) is 0 Å². The fourth-order valence-electron chi connectivity index (χ4n) is 0.665. The van der Waals surface area contributed by atoms with Crippen LogP contribution in [0.4, 0.5) is 11.4 Å². The summed E-state index contributed by atoms with van der Waals surface area (Å²) >= 11 is 0. The molecule has 4 nitrogen and oxygen atoms in total. The van der Waals surface area contributed by atoms with Crippen LogP contribution in [-0.4, -0.2) is 4.57 Å². The number of aromatic nitrogens is 1. The van der Waals surface area contributed by atoms with E-state index in [1.165, 1.54) is 16.8 Å². The van der Waals surface area contributed by atoms with E-state index in [9.17, 15) is 4.79 Å². The molecular weight excluding hydrogens is 130 g/mol. The normalized spacial score (nSPS) is 9.70. The van der Waals surface area contributed by atoms with Gasteiger partial charge in [-0.15, -0.1) is 0 Å². The van der Waals surface area contributed by atoms with Crippen LogP contribution >= 0.6 is 0 Å². The average Bonchev–Trinajstić information content (AvgIpc) is 1.84. The van der Waals surface area contributed by atoms with E-state index in [0.717, 1.165) is 0 Å². The minimum atomic E-state index is -0.147. The standard InChI is InChI=1S/C6H9N3O/c1-9-3-5(8)4(7)2-6(9)10/h2-3H,7-8H2,1H3. The zero-order chi connectivity index (χ0) is 7.72. The third kappa shape index (κ3) is 0.953. The first kappa shape index (κ1) is 6.67. The van der Waals surface area contributed by atoms with Crippen LogP contribution in [0.1, 0.15) is 0 Å². The largest absolute Gasteiger partial charge is 0.397 e. The summed E-state index contributed by atoms with van der Waals surface area (Å²) in [6.07, 6.45) is 1.50. The summed E-state index contributed by atoms with van der Waals surface area (Å²) < 4.78 is 1.38. The highest BCUT2D eigenvalue weighted by Gasteiger charge is 1.95. The van der Waals surface area contributed by atoms with Gasteiger partial charge >= 0.3 is 0 Å². The van der Waals surface area contributed by atoms with Crippen molar-refractivity contribution in [2.75, 3.05) is 11.5 Å². The molecule has 1 aromatic heterocycles. The molecule has 0 fully saturated rings.